The van der Waals surface area contributed by atoms with Crippen molar-refractivity contribution in [3.05, 3.63) is 24.3 Å². The number of carbonyl (C=O) groups excluding carboxylic acids is 2. The molecule has 2 radical (unpaired) electrons. The summed E-state index contributed by atoms with van der Waals surface area (Å²) in [5.41, 5.74) is 0. The molecule has 0 aliphatic rings. The topological polar surface area (TPSA) is 127 Å². The molecule has 51 heavy (non-hydrogen) atoms. The zero-order valence-electron chi connectivity index (χ0n) is 33.4. The Balaban J connectivity index is -0.000000678. The molecule has 0 aliphatic heterocycles. The van der Waals surface area contributed by atoms with Crippen LogP contribution in [0.25, 0.3) is 0 Å². The van der Waals surface area contributed by atoms with E-state index >= 15 is 0 Å². The summed E-state index contributed by atoms with van der Waals surface area (Å²) in [5.74, 6) is -3.45. The van der Waals surface area contributed by atoms with E-state index in [4.69, 9.17) is 19.7 Å². The summed E-state index contributed by atoms with van der Waals surface area (Å²) in [7, 11) is 0. The van der Waals surface area contributed by atoms with E-state index in [1.165, 1.54) is 128 Å². The molecule has 0 unspecified atom stereocenters. The maximum absolute atomic E-state index is 10.9. The first-order chi connectivity index (χ1) is 24.7. The first-order valence-corrected chi connectivity index (χ1v) is 24.6. The van der Waals surface area contributed by atoms with Crippen molar-refractivity contribution < 1.29 is 38.9 Å². The Morgan fingerprint density at radius 2 is 0.647 bits per heavy atom. The maximum atomic E-state index is 10.9. The van der Waals surface area contributed by atoms with Gasteiger partial charge in [-0.1, -0.05) is 90.9 Å². The summed E-state index contributed by atoms with van der Waals surface area (Å²) in [5, 5.41) is 16.6. The standard InChI is InChI=1S/2C13H22O4.2C8H17.Sn/c2*1-2-3-4-5-6-7-8-11-17-13(16)10-9-12(14)15;2*1-3-5-7-8-6-4-2;/h2*9-10H,2-8,11H2,1H3,(H,14,15);2*1,3-8H2,2H3;/b2*10-9-;;;. The van der Waals surface area contributed by atoms with Crippen LogP contribution in [0.15, 0.2) is 24.3 Å². The number of hydrogen-bond acceptors (Lipinski definition) is 6. The number of unbranched alkanes of at least 4 members (excludes halogenated alkanes) is 22. The minimum atomic E-state index is -1.14. The van der Waals surface area contributed by atoms with Crippen LogP contribution in [0.2, 0.25) is 8.87 Å². The van der Waals surface area contributed by atoms with Gasteiger partial charge >= 0.3 is 145 Å². The molecule has 0 aromatic heterocycles. The summed E-state index contributed by atoms with van der Waals surface area (Å²) in [6, 6.07) is 0. The quantitative estimate of drug-likeness (QED) is 0.0284. The number of aliphatic carboxylic acids is 2. The predicted octanol–water partition coefficient (Wildman–Crippen LogP) is 12.1. The molecule has 9 heteroatoms. The normalized spacial score (nSPS) is 10.7. The molecular formula is C42H78O8Sn. The van der Waals surface area contributed by atoms with Crippen LogP contribution in [0.4, 0.5) is 0 Å². The zero-order valence-corrected chi connectivity index (χ0v) is 36.2. The van der Waals surface area contributed by atoms with Gasteiger partial charge in [0, 0.05) is 24.3 Å². The molecule has 0 saturated heterocycles. The number of carbonyl (C=O) groups is 4. The summed E-state index contributed by atoms with van der Waals surface area (Å²) < 4.78 is 13.0. The Bertz CT molecular complexity index is 762. The second-order valence-electron chi connectivity index (χ2n) is 13.2. The molecule has 0 aromatic rings. The molecule has 0 aliphatic carbocycles. The van der Waals surface area contributed by atoms with Crippen LogP contribution < -0.4 is 0 Å². The van der Waals surface area contributed by atoms with Gasteiger partial charge in [0.2, 0.25) is 0 Å². The zero-order chi connectivity index (χ0) is 38.5. The van der Waals surface area contributed by atoms with Gasteiger partial charge in [0.05, 0.1) is 13.2 Å². The molecule has 0 atom stereocenters. The molecule has 0 fully saturated rings. The van der Waals surface area contributed by atoms with E-state index < -0.39 is 23.9 Å². The average Bonchev–Trinajstić information content (AvgIpc) is 3.11. The van der Waals surface area contributed by atoms with E-state index in [9.17, 15) is 19.2 Å². The molecule has 0 spiro atoms. The fraction of sp³-hybridized carbons (Fsp3) is 0.810. The third-order valence-electron chi connectivity index (χ3n) is 8.12. The predicted molar refractivity (Wildman–Crippen MR) is 214 cm³/mol. The van der Waals surface area contributed by atoms with Gasteiger partial charge in [0.25, 0.3) is 0 Å². The van der Waals surface area contributed by atoms with E-state index in [2.05, 4.69) is 27.7 Å². The molecule has 298 valence electrons. The molecule has 0 saturated carbocycles. The van der Waals surface area contributed by atoms with E-state index in [0.29, 0.717) is 13.2 Å². The van der Waals surface area contributed by atoms with Crippen LogP contribution in [0, 0.1) is 0 Å². The Hall–Kier alpha value is -1.84. The summed E-state index contributed by atoms with van der Waals surface area (Å²) >= 11 is 0.0736. The monoisotopic (exact) mass is 830 g/mol. The Labute approximate surface area is 323 Å². The number of carboxylic acids is 2. The molecular weight excluding hydrogens is 751 g/mol. The van der Waals surface area contributed by atoms with Gasteiger partial charge in [0.15, 0.2) is 0 Å². The van der Waals surface area contributed by atoms with Gasteiger partial charge in [-0.2, -0.15) is 0 Å². The van der Waals surface area contributed by atoms with Crippen molar-refractivity contribution in [2.24, 2.45) is 0 Å². The van der Waals surface area contributed by atoms with Crippen molar-refractivity contribution in [3.63, 3.8) is 0 Å². The van der Waals surface area contributed by atoms with Gasteiger partial charge < -0.3 is 19.7 Å². The molecule has 0 heterocycles. The second-order valence-corrected chi connectivity index (χ2v) is 17.5. The average molecular weight is 830 g/mol. The van der Waals surface area contributed by atoms with Crippen LogP contribution in [0.3, 0.4) is 0 Å². The van der Waals surface area contributed by atoms with E-state index in [1.807, 2.05) is 0 Å². The number of hydrogen-bond donors (Lipinski definition) is 2. The summed E-state index contributed by atoms with van der Waals surface area (Å²) in [6.07, 6.45) is 37.5. The van der Waals surface area contributed by atoms with Gasteiger partial charge in [0.1, 0.15) is 0 Å². The third-order valence-corrected chi connectivity index (χ3v) is 12.2. The minimum absolute atomic E-state index is 0.0736. The Morgan fingerprint density at radius 1 is 0.392 bits per heavy atom. The van der Waals surface area contributed by atoms with Crippen molar-refractivity contribution in [3.8, 4) is 0 Å². The van der Waals surface area contributed by atoms with Crippen molar-refractivity contribution in [2.75, 3.05) is 13.2 Å². The number of carboxylic acid groups (broad SMARTS) is 2. The van der Waals surface area contributed by atoms with Gasteiger partial charge in [-0.05, 0) is 12.8 Å². The first-order valence-electron chi connectivity index (χ1n) is 20.6. The van der Waals surface area contributed by atoms with Gasteiger partial charge in [-0.25, -0.2) is 19.2 Å². The molecule has 8 nitrogen and oxygen atoms in total. The van der Waals surface area contributed by atoms with E-state index in [-0.39, 0.29) is 21.1 Å². The SMILES string of the molecule is CCCCCCCCCOC(=O)/C=C\C(=O)O.CCCCCCCCCOC(=O)/C=C\C(=O)O.CCCCCCC[CH2][Sn][CH2]CCCCCCC. The molecule has 0 rings (SSSR count). The van der Waals surface area contributed by atoms with Crippen molar-refractivity contribution in [2.45, 2.75) is 204 Å². The third kappa shape index (κ3) is 57.7. The summed E-state index contributed by atoms with van der Waals surface area (Å²) in [4.78, 5) is 42.1. The Morgan fingerprint density at radius 3 is 0.922 bits per heavy atom. The number of ether oxygens (including phenoxy) is 2. The Kier molecular flexibility index (Phi) is 50.5. The first kappa shape index (κ1) is 53.5. The second kappa shape index (κ2) is 48.2. The number of esters is 2. The van der Waals surface area contributed by atoms with Crippen LogP contribution in [0.5, 0.6) is 0 Å². The fourth-order valence-electron chi connectivity index (χ4n) is 5.02. The fourth-order valence-corrected chi connectivity index (χ4v) is 8.59. The molecule has 0 bridgehead atoms. The molecule has 0 aromatic carbocycles. The summed E-state index contributed by atoms with van der Waals surface area (Å²) in [6.45, 7) is 9.71. The van der Waals surface area contributed by atoms with Crippen LogP contribution in [-0.2, 0) is 28.7 Å². The van der Waals surface area contributed by atoms with Crippen LogP contribution in [-0.4, -0.2) is 68.4 Å². The van der Waals surface area contributed by atoms with E-state index in [0.717, 1.165) is 50.0 Å². The van der Waals surface area contributed by atoms with Crippen molar-refractivity contribution in [1.29, 1.82) is 0 Å². The van der Waals surface area contributed by atoms with Gasteiger partial charge in [-0.3, -0.25) is 0 Å². The van der Waals surface area contributed by atoms with Gasteiger partial charge in [-0.15, -0.1) is 0 Å². The number of rotatable bonds is 34. The van der Waals surface area contributed by atoms with Crippen molar-refractivity contribution in [1.82, 2.24) is 0 Å². The van der Waals surface area contributed by atoms with Crippen molar-refractivity contribution >= 4 is 45.0 Å². The van der Waals surface area contributed by atoms with Crippen LogP contribution >= 0.6 is 0 Å². The molecule has 2 N–H and O–H groups in total. The van der Waals surface area contributed by atoms with Crippen LogP contribution in [0.1, 0.15) is 195 Å². The van der Waals surface area contributed by atoms with E-state index in [1.54, 1.807) is 21.7 Å². The molecule has 0 amide bonds.